The molecule has 120 valence electrons. The summed E-state index contributed by atoms with van der Waals surface area (Å²) < 4.78 is 5.23. The first-order chi connectivity index (χ1) is 11.3. The Balaban J connectivity index is 2.11. The van der Waals surface area contributed by atoms with Gasteiger partial charge in [-0.05, 0) is 30.7 Å². The van der Waals surface area contributed by atoms with Gasteiger partial charge < -0.3 is 15.4 Å². The van der Waals surface area contributed by atoms with Crippen LogP contribution in [0, 0.1) is 5.92 Å². The van der Waals surface area contributed by atoms with Gasteiger partial charge in [-0.1, -0.05) is 48.5 Å². The first-order valence-corrected chi connectivity index (χ1v) is 7.95. The molecule has 0 radical (unpaired) electrons. The fourth-order valence-corrected chi connectivity index (χ4v) is 3.38. The zero-order chi connectivity index (χ0) is 16.1. The molecule has 4 heteroatoms. The Bertz CT molecular complexity index is 639. The summed E-state index contributed by atoms with van der Waals surface area (Å²) in [5, 5.41) is 6.85. The second-order valence-electron chi connectivity index (χ2n) is 5.85. The summed E-state index contributed by atoms with van der Waals surface area (Å²) in [5.74, 6) is -0.126. The summed E-state index contributed by atoms with van der Waals surface area (Å²) >= 11 is 0. The van der Waals surface area contributed by atoms with E-state index in [0.29, 0.717) is 0 Å². The number of esters is 1. The average molecular weight is 310 g/mol. The molecule has 1 fully saturated rings. The van der Waals surface area contributed by atoms with E-state index in [1.54, 1.807) is 0 Å². The van der Waals surface area contributed by atoms with Gasteiger partial charge in [-0.2, -0.15) is 0 Å². The van der Waals surface area contributed by atoms with Crippen LogP contribution in [0.1, 0.15) is 12.0 Å². The highest BCUT2D eigenvalue weighted by Crippen LogP contribution is 2.38. The summed E-state index contributed by atoms with van der Waals surface area (Å²) in [7, 11) is 1.45. The summed E-state index contributed by atoms with van der Waals surface area (Å²) in [6.45, 7) is 1.69. The van der Waals surface area contributed by atoms with Gasteiger partial charge in [-0.25, -0.2) is 4.79 Å². The van der Waals surface area contributed by atoms with Crippen molar-refractivity contribution in [3.8, 4) is 0 Å². The maximum atomic E-state index is 12.9. The monoisotopic (exact) mass is 310 g/mol. The van der Waals surface area contributed by atoms with Gasteiger partial charge in [0.1, 0.15) is 0 Å². The predicted octanol–water partition coefficient (Wildman–Crippen LogP) is 2.78. The number of hydrogen-bond donors (Lipinski definition) is 2. The molecule has 2 aromatic carbocycles. The SMILES string of the molecule is COC(=O)[C@@](Nc1ccccc1)(c1ccccc1)C1CCNC1. The van der Waals surface area contributed by atoms with Crippen LogP contribution in [-0.4, -0.2) is 26.2 Å². The van der Waals surface area contributed by atoms with Crippen LogP contribution in [0.25, 0.3) is 0 Å². The van der Waals surface area contributed by atoms with Gasteiger partial charge in [0.25, 0.3) is 0 Å². The minimum absolute atomic E-state index is 0.123. The topological polar surface area (TPSA) is 50.4 Å². The molecule has 1 saturated heterocycles. The van der Waals surface area contributed by atoms with E-state index < -0.39 is 5.54 Å². The highest BCUT2D eigenvalue weighted by molar-refractivity contribution is 5.87. The maximum absolute atomic E-state index is 12.9. The number of hydrogen-bond acceptors (Lipinski definition) is 4. The van der Waals surface area contributed by atoms with Crippen LogP contribution in [0.4, 0.5) is 5.69 Å². The van der Waals surface area contributed by atoms with Crippen LogP contribution in [0.5, 0.6) is 0 Å². The molecule has 0 spiro atoms. The zero-order valence-corrected chi connectivity index (χ0v) is 13.3. The van der Waals surface area contributed by atoms with E-state index in [9.17, 15) is 4.79 Å². The van der Waals surface area contributed by atoms with E-state index >= 15 is 0 Å². The summed E-state index contributed by atoms with van der Waals surface area (Å²) in [6.07, 6.45) is 0.920. The van der Waals surface area contributed by atoms with Crippen LogP contribution in [-0.2, 0) is 15.1 Å². The standard InChI is InChI=1S/C19H22N2O2/c1-23-18(22)19(16-12-13-20-14-16,15-8-4-2-5-9-15)21-17-10-6-3-7-11-17/h2-11,16,20-21H,12-14H2,1H3/t16?,19-/m1/s1. The quantitative estimate of drug-likeness (QED) is 0.834. The third-order valence-electron chi connectivity index (χ3n) is 4.52. The Labute approximate surface area is 136 Å². The highest BCUT2D eigenvalue weighted by atomic mass is 16.5. The molecule has 0 aliphatic carbocycles. The van der Waals surface area contributed by atoms with Crippen LogP contribution in [0.15, 0.2) is 60.7 Å². The minimum atomic E-state index is -0.888. The van der Waals surface area contributed by atoms with E-state index in [2.05, 4.69) is 10.6 Å². The van der Waals surface area contributed by atoms with Gasteiger partial charge in [-0.15, -0.1) is 0 Å². The van der Waals surface area contributed by atoms with Crippen LogP contribution in [0.3, 0.4) is 0 Å². The third-order valence-corrected chi connectivity index (χ3v) is 4.52. The zero-order valence-electron chi connectivity index (χ0n) is 13.3. The fourth-order valence-electron chi connectivity index (χ4n) is 3.38. The van der Waals surface area contributed by atoms with Gasteiger partial charge in [0, 0.05) is 18.2 Å². The lowest BCUT2D eigenvalue weighted by molar-refractivity contribution is -0.148. The Morgan fingerprint density at radius 1 is 1.13 bits per heavy atom. The predicted molar refractivity (Wildman–Crippen MR) is 91.2 cm³/mol. The number of methoxy groups -OCH3 is 1. The number of anilines is 1. The van der Waals surface area contributed by atoms with Crippen molar-refractivity contribution < 1.29 is 9.53 Å². The molecule has 0 aromatic heterocycles. The molecule has 0 saturated carbocycles. The van der Waals surface area contributed by atoms with Crippen molar-refractivity contribution in [3.05, 3.63) is 66.2 Å². The van der Waals surface area contributed by atoms with E-state index in [-0.39, 0.29) is 11.9 Å². The molecule has 1 aliphatic rings. The van der Waals surface area contributed by atoms with Crippen molar-refractivity contribution in [1.29, 1.82) is 0 Å². The number of nitrogens with one attached hydrogen (secondary N) is 2. The van der Waals surface area contributed by atoms with Crippen molar-refractivity contribution in [2.24, 2.45) is 5.92 Å². The number of benzene rings is 2. The third kappa shape index (κ3) is 2.94. The molecule has 4 nitrogen and oxygen atoms in total. The number of ether oxygens (including phenoxy) is 1. The lowest BCUT2D eigenvalue weighted by Crippen LogP contribution is -2.51. The number of carbonyl (C=O) groups is 1. The summed E-state index contributed by atoms with van der Waals surface area (Å²) in [5.41, 5.74) is 0.957. The second-order valence-corrected chi connectivity index (χ2v) is 5.85. The van der Waals surface area contributed by atoms with Gasteiger partial charge in [0.05, 0.1) is 7.11 Å². The van der Waals surface area contributed by atoms with E-state index in [1.807, 2.05) is 60.7 Å². The van der Waals surface area contributed by atoms with Crippen molar-refractivity contribution in [3.63, 3.8) is 0 Å². The van der Waals surface area contributed by atoms with Crippen LogP contribution in [0.2, 0.25) is 0 Å². The Hall–Kier alpha value is -2.33. The molecule has 3 rings (SSSR count). The fraction of sp³-hybridized carbons (Fsp3) is 0.316. The summed E-state index contributed by atoms with van der Waals surface area (Å²) in [6, 6.07) is 19.7. The molecule has 1 heterocycles. The van der Waals surface area contributed by atoms with Gasteiger partial charge in [0.2, 0.25) is 0 Å². The van der Waals surface area contributed by atoms with Crippen LogP contribution >= 0.6 is 0 Å². The van der Waals surface area contributed by atoms with Gasteiger partial charge in [0.15, 0.2) is 5.54 Å². The molecule has 2 atom stereocenters. The number of carbonyl (C=O) groups excluding carboxylic acids is 1. The lowest BCUT2D eigenvalue weighted by Gasteiger charge is -2.38. The number of para-hydroxylation sites is 1. The molecular formula is C19H22N2O2. The maximum Gasteiger partial charge on any atom is 0.336 e. The van der Waals surface area contributed by atoms with Crippen molar-refractivity contribution in [2.75, 3.05) is 25.5 Å². The Morgan fingerprint density at radius 3 is 2.35 bits per heavy atom. The minimum Gasteiger partial charge on any atom is -0.467 e. The van der Waals surface area contributed by atoms with E-state index in [0.717, 1.165) is 30.8 Å². The molecule has 2 aromatic rings. The molecule has 1 unspecified atom stereocenters. The smallest absolute Gasteiger partial charge is 0.336 e. The molecule has 1 aliphatic heterocycles. The van der Waals surface area contributed by atoms with Crippen molar-refractivity contribution >= 4 is 11.7 Å². The highest BCUT2D eigenvalue weighted by Gasteiger charge is 2.49. The molecule has 23 heavy (non-hydrogen) atoms. The van der Waals surface area contributed by atoms with Crippen molar-refractivity contribution in [1.82, 2.24) is 5.32 Å². The number of rotatable bonds is 5. The molecular weight excluding hydrogens is 288 g/mol. The average Bonchev–Trinajstić information content (AvgIpc) is 3.15. The molecule has 0 bridgehead atoms. The molecule has 2 N–H and O–H groups in total. The molecule has 0 amide bonds. The lowest BCUT2D eigenvalue weighted by atomic mass is 9.77. The summed E-state index contributed by atoms with van der Waals surface area (Å²) in [4.78, 5) is 12.9. The van der Waals surface area contributed by atoms with Gasteiger partial charge >= 0.3 is 5.97 Å². The second kappa shape index (κ2) is 6.84. The van der Waals surface area contributed by atoms with Crippen LogP contribution < -0.4 is 10.6 Å². The van der Waals surface area contributed by atoms with Crippen molar-refractivity contribution in [2.45, 2.75) is 12.0 Å². The van der Waals surface area contributed by atoms with E-state index in [1.165, 1.54) is 7.11 Å². The normalized spacial score (nSPS) is 19.8. The van der Waals surface area contributed by atoms with E-state index in [4.69, 9.17) is 4.74 Å². The Kier molecular flexibility index (Phi) is 4.63. The Morgan fingerprint density at radius 2 is 1.78 bits per heavy atom. The largest absolute Gasteiger partial charge is 0.467 e. The van der Waals surface area contributed by atoms with Gasteiger partial charge in [-0.3, -0.25) is 0 Å². The first-order valence-electron chi connectivity index (χ1n) is 7.95. The first kappa shape index (κ1) is 15.6.